The first-order valence-electron chi connectivity index (χ1n) is 6.77. The van der Waals surface area contributed by atoms with Crippen molar-refractivity contribution in [2.45, 2.75) is 46.2 Å². The SMILES string of the molecule is CCCCN(C)c1ccc(CNC(C)C)c(Cl)c1. The van der Waals surface area contributed by atoms with Crippen LogP contribution in [-0.2, 0) is 6.54 Å². The van der Waals surface area contributed by atoms with Crippen LogP contribution in [0.2, 0.25) is 5.02 Å². The van der Waals surface area contributed by atoms with Gasteiger partial charge in [0.15, 0.2) is 0 Å². The summed E-state index contributed by atoms with van der Waals surface area (Å²) in [7, 11) is 2.12. The number of hydrogen-bond acceptors (Lipinski definition) is 2. The second-order valence-corrected chi connectivity index (χ2v) is 5.49. The smallest absolute Gasteiger partial charge is 0.0471 e. The van der Waals surface area contributed by atoms with E-state index in [2.05, 4.69) is 56.2 Å². The molecular weight excluding hydrogens is 244 g/mol. The van der Waals surface area contributed by atoms with Gasteiger partial charge in [0, 0.05) is 36.9 Å². The van der Waals surface area contributed by atoms with Gasteiger partial charge in [-0.05, 0) is 24.1 Å². The van der Waals surface area contributed by atoms with Gasteiger partial charge in [-0.15, -0.1) is 0 Å². The quantitative estimate of drug-likeness (QED) is 0.802. The Labute approximate surface area is 116 Å². The predicted octanol–water partition coefficient (Wildman–Crippen LogP) is 4.07. The van der Waals surface area contributed by atoms with E-state index in [4.69, 9.17) is 11.6 Å². The normalized spacial score (nSPS) is 11.0. The molecule has 2 nitrogen and oxygen atoms in total. The zero-order valence-corrected chi connectivity index (χ0v) is 12.7. The van der Waals surface area contributed by atoms with Crippen LogP contribution in [0.3, 0.4) is 0 Å². The molecule has 1 N–H and O–H groups in total. The number of nitrogens with one attached hydrogen (secondary N) is 1. The molecule has 3 heteroatoms. The molecule has 0 radical (unpaired) electrons. The van der Waals surface area contributed by atoms with E-state index in [-0.39, 0.29) is 0 Å². The zero-order valence-electron chi connectivity index (χ0n) is 12.0. The largest absolute Gasteiger partial charge is 0.375 e. The fourth-order valence-electron chi connectivity index (χ4n) is 1.76. The lowest BCUT2D eigenvalue weighted by molar-refractivity contribution is 0.589. The first-order valence-corrected chi connectivity index (χ1v) is 7.15. The minimum absolute atomic E-state index is 0.480. The number of hydrogen-bond donors (Lipinski definition) is 1. The molecule has 0 fully saturated rings. The number of rotatable bonds is 7. The lowest BCUT2D eigenvalue weighted by Gasteiger charge is -2.20. The topological polar surface area (TPSA) is 15.3 Å². The summed E-state index contributed by atoms with van der Waals surface area (Å²) in [5.74, 6) is 0. The monoisotopic (exact) mass is 268 g/mol. The molecule has 0 saturated heterocycles. The average Bonchev–Trinajstić information content (AvgIpc) is 2.34. The van der Waals surface area contributed by atoms with E-state index in [1.807, 2.05) is 0 Å². The molecule has 0 aliphatic rings. The van der Waals surface area contributed by atoms with Gasteiger partial charge >= 0.3 is 0 Å². The molecular formula is C15H25ClN2. The van der Waals surface area contributed by atoms with E-state index in [1.165, 1.54) is 18.5 Å². The van der Waals surface area contributed by atoms with Gasteiger partial charge in [-0.1, -0.05) is 44.9 Å². The van der Waals surface area contributed by atoms with Crippen LogP contribution >= 0.6 is 11.6 Å². The first kappa shape index (κ1) is 15.3. The van der Waals surface area contributed by atoms with Crippen molar-refractivity contribution in [3.63, 3.8) is 0 Å². The molecule has 0 unspecified atom stereocenters. The highest BCUT2D eigenvalue weighted by Crippen LogP contribution is 2.23. The van der Waals surface area contributed by atoms with Gasteiger partial charge in [-0.3, -0.25) is 0 Å². The van der Waals surface area contributed by atoms with Crippen molar-refractivity contribution in [2.75, 3.05) is 18.5 Å². The zero-order chi connectivity index (χ0) is 13.5. The van der Waals surface area contributed by atoms with Gasteiger partial charge in [0.05, 0.1) is 0 Å². The molecule has 0 bridgehead atoms. The molecule has 0 saturated carbocycles. The fraction of sp³-hybridized carbons (Fsp3) is 0.600. The van der Waals surface area contributed by atoms with Crippen LogP contribution < -0.4 is 10.2 Å². The van der Waals surface area contributed by atoms with Crippen LogP contribution in [0.1, 0.15) is 39.2 Å². The summed E-state index contributed by atoms with van der Waals surface area (Å²) in [6, 6.07) is 6.82. The molecule has 0 amide bonds. The van der Waals surface area contributed by atoms with Crippen LogP contribution in [0, 0.1) is 0 Å². The molecule has 102 valence electrons. The molecule has 0 spiro atoms. The van der Waals surface area contributed by atoms with E-state index in [0.29, 0.717) is 6.04 Å². The van der Waals surface area contributed by atoms with Gasteiger partial charge < -0.3 is 10.2 Å². The van der Waals surface area contributed by atoms with E-state index in [9.17, 15) is 0 Å². The summed E-state index contributed by atoms with van der Waals surface area (Å²) in [4.78, 5) is 2.26. The number of halogens is 1. The summed E-state index contributed by atoms with van der Waals surface area (Å²) in [6.07, 6.45) is 2.43. The molecule has 1 rings (SSSR count). The Morgan fingerprint density at radius 3 is 2.61 bits per heavy atom. The Morgan fingerprint density at radius 1 is 1.33 bits per heavy atom. The minimum atomic E-state index is 0.480. The maximum absolute atomic E-state index is 6.32. The van der Waals surface area contributed by atoms with Crippen LogP contribution in [0.4, 0.5) is 5.69 Å². The van der Waals surface area contributed by atoms with Crippen LogP contribution in [-0.4, -0.2) is 19.6 Å². The van der Waals surface area contributed by atoms with Crippen LogP contribution in [0.15, 0.2) is 18.2 Å². The fourth-order valence-corrected chi connectivity index (χ4v) is 2.00. The predicted molar refractivity (Wildman–Crippen MR) is 81.6 cm³/mol. The Morgan fingerprint density at radius 2 is 2.06 bits per heavy atom. The summed E-state index contributed by atoms with van der Waals surface area (Å²) < 4.78 is 0. The van der Waals surface area contributed by atoms with E-state index >= 15 is 0 Å². The highest BCUT2D eigenvalue weighted by molar-refractivity contribution is 6.31. The summed E-state index contributed by atoms with van der Waals surface area (Å²) in [5, 5.41) is 4.24. The number of nitrogens with zero attached hydrogens (tertiary/aromatic N) is 1. The molecule has 0 atom stereocenters. The third-order valence-electron chi connectivity index (χ3n) is 3.03. The number of benzene rings is 1. The van der Waals surface area contributed by atoms with Crippen LogP contribution in [0.5, 0.6) is 0 Å². The highest BCUT2D eigenvalue weighted by atomic mass is 35.5. The molecule has 0 aliphatic heterocycles. The van der Waals surface area contributed by atoms with E-state index in [1.54, 1.807) is 0 Å². The summed E-state index contributed by atoms with van der Waals surface area (Å²) in [5.41, 5.74) is 2.36. The molecule has 0 heterocycles. The second kappa shape index (κ2) is 7.65. The summed E-state index contributed by atoms with van der Waals surface area (Å²) >= 11 is 6.32. The third kappa shape index (κ3) is 4.87. The van der Waals surface area contributed by atoms with Gasteiger partial charge in [0.25, 0.3) is 0 Å². The summed E-state index contributed by atoms with van der Waals surface area (Å²) in [6.45, 7) is 8.40. The lowest BCUT2D eigenvalue weighted by atomic mass is 10.1. The first-order chi connectivity index (χ1) is 8.54. The van der Waals surface area contributed by atoms with Crippen molar-refractivity contribution in [1.82, 2.24) is 5.32 Å². The average molecular weight is 269 g/mol. The maximum atomic E-state index is 6.32. The number of anilines is 1. The van der Waals surface area contributed by atoms with Crippen molar-refractivity contribution < 1.29 is 0 Å². The lowest BCUT2D eigenvalue weighted by Crippen LogP contribution is -2.22. The minimum Gasteiger partial charge on any atom is -0.375 e. The molecule has 1 aromatic carbocycles. The van der Waals surface area contributed by atoms with Crippen molar-refractivity contribution in [3.05, 3.63) is 28.8 Å². The Balaban J connectivity index is 2.66. The third-order valence-corrected chi connectivity index (χ3v) is 3.38. The molecule has 0 aromatic heterocycles. The Bertz CT molecular complexity index is 364. The van der Waals surface area contributed by atoms with Crippen molar-refractivity contribution in [1.29, 1.82) is 0 Å². The van der Waals surface area contributed by atoms with Crippen molar-refractivity contribution >= 4 is 17.3 Å². The van der Waals surface area contributed by atoms with Gasteiger partial charge in [0.1, 0.15) is 0 Å². The van der Waals surface area contributed by atoms with Gasteiger partial charge in [-0.25, -0.2) is 0 Å². The highest BCUT2D eigenvalue weighted by Gasteiger charge is 2.05. The maximum Gasteiger partial charge on any atom is 0.0471 e. The van der Waals surface area contributed by atoms with Gasteiger partial charge in [-0.2, -0.15) is 0 Å². The molecule has 1 aromatic rings. The number of unbranched alkanes of at least 4 members (excludes halogenated alkanes) is 1. The Hall–Kier alpha value is -0.730. The van der Waals surface area contributed by atoms with Crippen LogP contribution in [0.25, 0.3) is 0 Å². The van der Waals surface area contributed by atoms with E-state index < -0.39 is 0 Å². The molecule has 18 heavy (non-hydrogen) atoms. The van der Waals surface area contributed by atoms with E-state index in [0.717, 1.165) is 23.7 Å². The van der Waals surface area contributed by atoms with Gasteiger partial charge in [0.2, 0.25) is 0 Å². The second-order valence-electron chi connectivity index (χ2n) is 5.09. The van der Waals surface area contributed by atoms with Crippen molar-refractivity contribution in [3.8, 4) is 0 Å². The Kier molecular flexibility index (Phi) is 6.51. The van der Waals surface area contributed by atoms with Crippen molar-refractivity contribution in [2.24, 2.45) is 0 Å². The standard InChI is InChI=1S/C15H25ClN2/c1-5-6-9-18(4)14-8-7-13(15(16)10-14)11-17-12(2)3/h7-8,10,12,17H,5-6,9,11H2,1-4H3. The molecule has 0 aliphatic carbocycles.